The highest BCUT2D eigenvalue weighted by molar-refractivity contribution is 6.00. The quantitative estimate of drug-likeness (QED) is 0.708. The van der Waals surface area contributed by atoms with Crippen LogP contribution < -0.4 is 4.90 Å². The summed E-state index contributed by atoms with van der Waals surface area (Å²) in [5, 5.41) is 9.24. The molecular weight excluding hydrogens is 346 g/mol. The molecule has 0 radical (unpaired) electrons. The van der Waals surface area contributed by atoms with Crippen LogP contribution in [0, 0.1) is 0 Å². The maximum Gasteiger partial charge on any atom is 0.348 e. The number of carboxylic acid groups (broad SMARTS) is 1. The van der Waals surface area contributed by atoms with Crippen molar-refractivity contribution in [3.8, 4) is 0 Å². The minimum atomic E-state index is -1.74. The van der Waals surface area contributed by atoms with Gasteiger partial charge in [0.1, 0.15) is 0 Å². The van der Waals surface area contributed by atoms with Crippen LogP contribution in [0.1, 0.15) is 12.5 Å². The van der Waals surface area contributed by atoms with E-state index in [4.69, 9.17) is 9.47 Å². The minimum Gasteiger partial charge on any atom is -0.478 e. The Balaban J connectivity index is 2.23. The Kier molecular flexibility index (Phi) is 6.29. The Labute approximate surface area is 149 Å². The average Bonchev–Trinajstić information content (AvgIpc) is 2.60. The molecule has 9 nitrogen and oxygen atoms in total. The molecule has 9 heteroatoms. The van der Waals surface area contributed by atoms with Gasteiger partial charge in [0.15, 0.2) is 6.10 Å². The fourth-order valence-electron chi connectivity index (χ4n) is 2.57. The van der Waals surface area contributed by atoms with E-state index in [1.54, 1.807) is 24.3 Å². The highest BCUT2D eigenvalue weighted by Crippen LogP contribution is 2.23. The lowest BCUT2D eigenvalue weighted by molar-refractivity contribution is -0.177. The van der Waals surface area contributed by atoms with Gasteiger partial charge in [0.2, 0.25) is 6.10 Å². The first-order chi connectivity index (χ1) is 12.3. The number of methoxy groups -OCH3 is 1. The zero-order valence-electron chi connectivity index (χ0n) is 14.3. The summed E-state index contributed by atoms with van der Waals surface area (Å²) in [5.74, 6) is -3.36. The molecule has 1 saturated heterocycles. The summed E-state index contributed by atoms with van der Waals surface area (Å²) in [6.07, 6.45) is -3.15. The second-order valence-corrected chi connectivity index (χ2v) is 5.57. The van der Waals surface area contributed by atoms with E-state index in [1.807, 2.05) is 0 Å². The van der Waals surface area contributed by atoms with Gasteiger partial charge in [-0.25, -0.2) is 4.79 Å². The largest absolute Gasteiger partial charge is 0.478 e. The highest BCUT2D eigenvalue weighted by atomic mass is 16.6. The van der Waals surface area contributed by atoms with E-state index in [0.717, 1.165) is 6.92 Å². The number of carbonyl (C=O) groups excluding carboxylic acids is 3. The molecule has 26 heavy (non-hydrogen) atoms. The molecule has 1 aliphatic rings. The smallest absolute Gasteiger partial charge is 0.348 e. The van der Waals surface area contributed by atoms with Crippen LogP contribution in [0.15, 0.2) is 24.3 Å². The van der Waals surface area contributed by atoms with Gasteiger partial charge < -0.3 is 24.2 Å². The number of morpholine rings is 1. The molecule has 1 N–H and O–H groups in total. The van der Waals surface area contributed by atoms with Crippen molar-refractivity contribution in [3.63, 3.8) is 0 Å². The molecule has 1 heterocycles. The van der Waals surface area contributed by atoms with E-state index in [2.05, 4.69) is 4.74 Å². The number of benzene rings is 1. The van der Waals surface area contributed by atoms with Crippen molar-refractivity contribution in [1.29, 1.82) is 0 Å². The topological polar surface area (TPSA) is 119 Å². The van der Waals surface area contributed by atoms with Crippen molar-refractivity contribution in [2.75, 3.05) is 25.2 Å². The van der Waals surface area contributed by atoms with E-state index in [1.165, 1.54) is 12.0 Å². The van der Waals surface area contributed by atoms with E-state index in [-0.39, 0.29) is 19.6 Å². The fourth-order valence-corrected chi connectivity index (χ4v) is 2.57. The second kappa shape index (κ2) is 8.43. The Hall–Kier alpha value is -2.94. The van der Waals surface area contributed by atoms with Crippen LogP contribution in [0.4, 0.5) is 5.69 Å². The molecule has 2 rings (SSSR count). The van der Waals surface area contributed by atoms with Crippen LogP contribution in [0.5, 0.6) is 0 Å². The van der Waals surface area contributed by atoms with Crippen molar-refractivity contribution in [3.05, 3.63) is 29.8 Å². The number of esters is 2. The fraction of sp³-hybridized carbons (Fsp3) is 0.412. The van der Waals surface area contributed by atoms with Gasteiger partial charge >= 0.3 is 17.9 Å². The molecule has 0 bridgehead atoms. The number of amides is 1. The van der Waals surface area contributed by atoms with Crippen LogP contribution in [0.2, 0.25) is 0 Å². The summed E-state index contributed by atoms with van der Waals surface area (Å²) in [4.78, 5) is 47.9. The van der Waals surface area contributed by atoms with Gasteiger partial charge in [0.25, 0.3) is 5.91 Å². The van der Waals surface area contributed by atoms with Gasteiger partial charge in [-0.2, -0.15) is 0 Å². The summed E-state index contributed by atoms with van der Waals surface area (Å²) in [6, 6.07) is 6.68. The number of hydrogen-bond donors (Lipinski definition) is 1. The summed E-state index contributed by atoms with van der Waals surface area (Å²) in [5.41, 5.74) is 1.12. The number of anilines is 1. The predicted octanol–water partition coefficient (Wildman–Crippen LogP) is 0.150. The zero-order chi connectivity index (χ0) is 19.3. The Morgan fingerprint density at radius 3 is 2.73 bits per heavy atom. The molecule has 1 aromatic rings. The van der Waals surface area contributed by atoms with E-state index in [0.29, 0.717) is 11.3 Å². The zero-order valence-corrected chi connectivity index (χ0v) is 14.3. The first-order valence-electron chi connectivity index (χ1n) is 7.82. The summed E-state index contributed by atoms with van der Waals surface area (Å²) >= 11 is 0. The Bertz CT molecular complexity index is 716. The summed E-state index contributed by atoms with van der Waals surface area (Å²) in [7, 11) is 1.28. The number of hydrogen-bond acceptors (Lipinski definition) is 7. The second-order valence-electron chi connectivity index (χ2n) is 5.57. The minimum absolute atomic E-state index is 0.0392. The van der Waals surface area contributed by atoms with Crippen LogP contribution in [0.25, 0.3) is 0 Å². The van der Waals surface area contributed by atoms with Gasteiger partial charge in [-0.15, -0.1) is 0 Å². The number of nitrogens with zero attached hydrogens (tertiary/aromatic N) is 1. The lowest BCUT2D eigenvalue weighted by Gasteiger charge is -2.34. The van der Waals surface area contributed by atoms with Crippen LogP contribution in [-0.2, 0) is 39.8 Å². The SMILES string of the molecule is COC(=O)Cc1cccc(N2CCO[C@H]([C@@H](OC(C)=O)C(=O)O)C2=O)c1. The molecule has 0 spiro atoms. The van der Waals surface area contributed by atoms with Gasteiger partial charge in [-0.1, -0.05) is 12.1 Å². The maximum absolute atomic E-state index is 12.7. The van der Waals surface area contributed by atoms with Crippen LogP contribution in [0.3, 0.4) is 0 Å². The molecule has 140 valence electrons. The van der Waals surface area contributed by atoms with Gasteiger partial charge in [0, 0.05) is 19.2 Å². The number of aliphatic carboxylic acids is 1. The van der Waals surface area contributed by atoms with E-state index >= 15 is 0 Å². The molecule has 2 atom stereocenters. The number of carbonyl (C=O) groups is 4. The molecule has 1 fully saturated rings. The average molecular weight is 365 g/mol. The molecular formula is C17H19NO8. The van der Waals surface area contributed by atoms with Crippen molar-refractivity contribution >= 4 is 29.5 Å². The van der Waals surface area contributed by atoms with E-state index in [9.17, 15) is 24.3 Å². The molecule has 0 aromatic heterocycles. The highest BCUT2D eigenvalue weighted by Gasteiger charge is 2.42. The number of ether oxygens (including phenoxy) is 3. The summed E-state index contributed by atoms with van der Waals surface area (Å²) < 4.78 is 14.6. The molecule has 0 aliphatic carbocycles. The monoisotopic (exact) mass is 365 g/mol. The van der Waals surface area contributed by atoms with Crippen molar-refractivity contribution in [2.24, 2.45) is 0 Å². The van der Waals surface area contributed by atoms with Gasteiger partial charge in [0.05, 0.1) is 20.1 Å². The third-order valence-electron chi connectivity index (χ3n) is 3.73. The number of carboxylic acids is 1. The third-order valence-corrected chi connectivity index (χ3v) is 3.73. The predicted molar refractivity (Wildman–Crippen MR) is 87.4 cm³/mol. The van der Waals surface area contributed by atoms with Crippen molar-refractivity contribution in [1.82, 2.24) is 0 Å². The Morgan fingerprint density at radius 1 is 1.38 bits per heavy atom. The lowest BCUT2D eigenvalue weighted by atomic mass is 10.1. The van der Waals surface area contributed by atoms with Gasteiger partial charge in [-0.05, 0) is 17.7 Å². The van der Waals surface area contributed by atoms with Crippen LogP contribution >= 0.6 is 0 Å². The molecule has 0 saturated carbocycles. The first-order valence-corrected chi connectivity index (χ1v) is 7.82. The molecule has 1 aliphatic heterocycles. The normalized spacial score (nSPS) is 18.2. The van der Waals surface area contributed by atoms with Crippen LogP contribution in [-0.4, -0.2) is 61.4 Å². The lowest BCUT2D eigenvalue weighted by Crippen LogP contribution is -2.55. The number of rotatable bonds is 6. The Morgan fingerprint density at radius 2 is 2.12 bits per heavy atom. The van der Waals surface area contributed by atoms with Gasteiger partial charge in [-0.3, -0.25) is 14.4 Å². The molecule has 1 amide bonds. The van der Waals surface area contributed by atoms with Crippen molar-refractivity contribution < 1.29 is 38.5 Å². The first kappa shape index (κ1) is 19.4. The molecule has 0 unspecified atom stereocenters. The van der Waals surface area contributed by atoms with Crippen molar-refractivity contribution in [2.45, 2.75) is 25.6 Å². The maximum atomic E-state index is 12.7. The third kappa shape index (κ3) is 4.57. The molecule has 1 aromatic carbocycles. The van der Waals surface area contributed by atoms with E-state index < -0.39 is 36.0 Å². The standard InChI is InChI=1S/C17H19NO8/c1-10(19)26-15(17(22)23)14-16(21)18(6-7-25-14)12-5-3-4-11(8-12)9-13(20)24-2/h3-5,8,14-15H,6-7,9H2,1-2H3,(H,22,23)/t14-,15-/m1/s1. The summed E-state index contributed by atoms with van der Waals surface area (Å²) in [6.45, 7) is 1.32.